The standard InChI is InChI=1S/C18H23N3O3S2/c1-2-16-8-9-18(25-16)26(23,24)21-12-10-20(11-13-21)14-17(22)19-15-6-4-3-5-7-15/h3-9H,2,10-14H2,1H3,(H,19,22). The number of piperazine rings is 1. The number of carbonyl (C=O) groups is 1. The number of anilines is 1. The summed E-state index contributed by atoms with van der Waals surface area (Å²) in [5.41, 5.74) is 0.767. The summed E-state index contributed by atoms with van der Waals surface area (Å²) >= 11 is 1.34. The van der Waals surface area contributed by atoms with Crippen LogP contribution in [-0.4, -0.2) is 56.3 Å². The highest BCUT2D eigenvalue weighted by Gasteiger charge is 2.30. The number of hydrogen-bond acceptors (Lipinski definition) is 5. The van der Waals surface area contributed by atoms with Crippen LogP contribution in [0.1, 0.15) is 11.8 Å². The third-order valence-corrected chi connectivity index (χ3v) is 7.93. The molecule has 2 aromatic rings. The summed E-state index contributed by atoms with van der Waals surface area (Å²) in [5.74, 6) is -0.0849. The SMILES string of the molecule is CCc1ccc(S(=O)(=O)N2CCN(CC(=O)Nc3ccccc3)CC2)s1. The van der Waals surface area contributed by atoms with Gasteiger partial charge >= 0.3 is 0 Å². The van der Waals surface area contributed by atoms with Gasteiger partial charge in [-0.15, -0.1) is 11.3 Å². The highest BCUT2D eigenvalue weighted by Crippen LogP contribution is 2.26. The lowest BCUT2D eigenvalue weighted by molar-refractivity contribution is -0.117. The summed E-state index contributed by atoms with van der Waals surface area (Å²) in [7, 11) is -3.43. The Morgan fingerprint density at radius 3 is 2.38 bits per heavy atom. The predicted octanol–water partition coefficient (Wildman–Crippen LogP) is 2.26. The van der Waals surface area contributed by atoms with Crippen LogP contribution in [0.4, 0.5) is 5.69 Å². The van der Waals surface area contributed by atoms with Gasteiger partial charge in [-0.25, -0.2) is 8.42 Å². The van der Waals surface area contributed by atoms with Gasteiger partial charge in [-0.3, -0.25) is 9.69 Å². The van der Waals surface area contributed by atoms with Crippen LogP contribution >= 0.6 is 11.3 Å². The second-order valence-corrected chi connectivity index (χ2v) is 9.50. The summed E-state index contributed by atoms with van der Waals surface area (Å²) in [5, 5.41) is 2.85. The van der Waals surface area contributed by atoms with Crippen LogP contribution in [0.5, 0.6) is 0 Å². The zero-order valence-corrected chi connectivity index (χ0v) is 16.4. The summed E-state index contributed by atoms with van der Waals surface area (Å²) < 4.78 is 27.4. The molecule has 140 valence electrons. The number of thiophene rings is 1. The second kappa shape index (κ2) is 8.30. The second-order valence-electron chi connectivity index (χ2n) is 6.17. The van der Waals surface area contributed by atoms with Gasteiger partial charge in [0.1, 0.15) is 4.21 Å². The van der Waals surface area contributed by atoms with E-state index in [1.54, 1.807) is 6.07 Å². The largest absolute Gasteiger partial charge is 0.325 e. The monoisotopic (exact) mass is 393 g/mol. The molecule has 1 aromatic carbocycles. The van der Waals surface area contributed by atoms with Crippen LogP contribution < -0.4 is 5.32 Å². The highest BCUT2D eigenvalue weighted by atomic mass is 32.2. The van der Waals surface area contributed by atoms with Gasteiger partial charge in [0.25, 0.3) is 10.0 Å². The Morgan fingerprint density at radius 1 is 1.08 bits per heavy atom. The molecule has 0 spiro atoms. The molecule has 8 heteroatoms. The Balaban J connectivity index is 1.53. The minimum absolute atomic E-state index is 0.0849. The molecule has 0 radical (unpaired) electrons. The molecule has 1 N–H and O–H groups in total. The zero-order chi connectivity index (χ0) is 18.6. The molecule has 3 rings (SSSR count). The van der Waals surface area contributed by atoms with Gasteiger partial charge in [-0.2, -0.15) is 4.31 Å². The Labute approximate surface area is 158 Å². The number of aryl methyl sites for hydroxylation is 1. The lowest BCUT2D eigenvalue weighted by Crippen LogP contribution is -2.50. The van der Waals surface area contributed by atoms with E-state index in [2.05, 4.69) is 5.32 Å². The number of rotatable bonds is 6. The van der Waals surface area contributed by atoms with E-state index in [1.165, 1.54) is 15.6 Å². The predicted molar refractivity (Wildman–Crippen MR) is 104 cm³/mol. The molecule has 1 aliphatic heterocycles. The van der Waals surface area contributed by atoms with Gasteiger partial charge < -0.3 is 5.32 Å². The van der Waals surface area contributed by atoms with Gasteiger partial charge in [-0.05, 0) is 30.7 Å². The average Bonchev–Trinajstić information content (AvgIpc) is 3.13. The number of hydrogen-bond donors (Lipinski definition) is 1. The number of sulfonamides is 1. The van der Waals surface area contributed by atoms with Crippen LogP contribution in [-0.2, 0) is 21.2 Å². The molecule has 26 heavy (non-hydrogen) atoms. The van der Waals surface area contributed by atoms with Crippen molar-refractivity contribution in [3.05, 3.63) is 47.3 Å². The molecular weight excluding hydrogens is 370 g/mol. The van der Waals surface area contributed by atoms with Crippen LogP contribution in [0.3, 0.4) is 0 Å². The van der Waals surface area contributed by atoms with Crippen molar-refractivity contribution >= 4 is 33.0 Å². The van der Waals surface area contributed by atoms with Crippen molar-refractivity contribution in [1.82, 2.24) is 9.21 Å². The van der Waals surface area contributed by atoms with E-state index in [1.807, 2.05) is 48.2 Å². The van der Waals surface area contributed by atoms with Crippen molar-refractivity contribution in [1.29, 1.82) is 0 Å². The van der Waals surface area contributed by atoms with Crippen LogP contribution in [0.2, 0.25) is 0 Å². The van der Waals surface area contributed by atoms with Crippen molar-refractivity contribution in [2.24, 2.45) is 0 Å². The van der Waals surface area contributed by atoms with E-state index in [4.69, 9.17) is 0 Å². The first-order valence-electron chi connectivity index (χ1n) is 8.65. The molecule has 1 fully saturated rings. The first kappa shape index (κ1) is 19.0. The van der Waals surface area contributed by atoms with Gasteiger partial charge in [0.2, 0.25) is 5.91 Å². The zero-order valence-electron chi connectivity index (χ0n) is 14.7. The molecule has 1 aromatic heterocycles. The molecule has 0 aliphatic carbocycles. The van der Waals surface area contributed by atoms with E-state index in [0.29, 0.717) is 30.4 Å². The molecule has 6 nitrogen and oxygen atoms in total. The number of nitrogens with one attached hydrogen (secondary N) is 1. The smallest absolute Gasteiger partial charge is 0.252 e. The third-order valence-electron chi connectivity index (χ3n) is 4.34. The minimum atomic E-state index is -3.43. The quantitative estimate of drug-likeness (QED) is 0.817. The Kier molecular flexibility index (Phi) is 6.08. The van der Waals surface area contributed by atoms with E-state index in [0.717, 1.165) is 17.0 Å². The minimum Gasteiger partial charge on any atom is -0.325 e. The van der Waals surface area contributed by atoms with Crippen molar-refractivity contribution < 1.29 is 13.2 Å². The summed E-state index contributed by atoms with van der Waals surface area (Å²) in [6.45, 7) is 4.19. The van der Waals surface area contributed by atoms with Crippen LogP contribution in [0, 0.1) is 0 Å². The lowest BCUT2D eigenvalue weighted by atomic mass is 10.3. The maximum Gasteiger partial charge on any atom is 0.252 e. The van der Waals surface area contributed by atoms with Crippen molar-refractivity contribution in [3.8, 4) is 0 Å². The number of carbonyl (C=O) groups excluding carboxylic acids is 1. The molecule has 0 atom stereocenters. The lowest BCUT2D eigenvalue weighted by Gasteiger charge is -2.33. The van der Waals surface area contributed by atoms with Crippen molar-refractivity contribution in [2.45, 2.75) is 17.6 Å². The molecule has 1 saturated heterocycles. The Bertz CT molecular complexity index is 842. The molecule has 0 bridgehead atoms. The molecule has 0 saturated carbocycles. The fourth-order valence-corrected chi connectivity index (χ4v) is 5.74. The van der Waals surface area contributed by atoms with Crippen molar-refractivity contribution in [2.75, 3.05) is 38.0 Å². The normalized spacial score (nSPS) is 16.5. The number of amides is 1. The maximum atomic E-state index is 12.7. The first-order valence-corrected chi connectivity index (χ1v) is 10.9. The molecule has 0 unspecified atom stereocenters. The topological polar surface area (TPSA) is 69.7 Å². The van der Waals surface area contributed by atoms with Gasteiger partial charge in [0.15, 0.2) is 0 Å². The van der Waals surface area contributed by atoms with Crippen LogP contribution in [0.15, 0.2) is 46.7 Å². The van der Waals surface area contributed by atoms with Gasteiger partial charge in [0.05, 0.1) is 6.54 Å². The molecule has 1 aliphatic rings. The number of para-hydroxylation sites is 1. The Morgan fingerprint density at radius 2 is 1.77 bits per heavy atom. The highest BCUT2D eigenvalue weighted by molar-refractivity contribution is 7.91. The summed E-state index contributed by atoms with van der Waals surface area (Å²) in [4.78, 5) is 15.2. The molecular formula is C18H23N3O3S2. The fraction of sp³-hybridized carbons (Fsp3) is 0.389. The molecule has 2 heterocycles. The van der Waals surface area contributed by atoms with E-state index < -0.39 is 10.0 Å². The molecule has 1 amide bonds. The fourth-order valence-electron chi connectivity index (χ4n) is 2.87. The average molecular weight is 394 g/mol. The summed E-state index contributed by atoms with van der Waals surface area (Å²) in [6, 6.07) is 12.9. The Hall–Kier alpha value is -1.74. The van der Waals surface area contributed by atoms with Gasteiger partial charge in [-0.1, -0.05) is 25.1 Å². The van der Waals surface area contributed by atoms with E-state index in [9.17, 15) is 13.2 Å². The number of nitrogens with zero attached hydrogens (tertiary/aromatic N) is 2. The first-order chi connectivity index (χ1) is 12.5. The van der Waals surface area contributed by atoms with Gasteiger partial charge in [0, 0.05) is 36.7 Å². The third kappa shape index (κ3) is 4.50. The van der Waals surface area contributed by atoms with Crippen molar-refractivity contribution in [3.63, 3.8) is 0 Å². The summed E-state index contributed by atoms with van der Waals surface area (Å²) in [6.07, 6.45) is 0.838. The van der Waals surface area contributed by atoms with Crippen LogP contribution in [0.25, 0.3) is 0 Å². The number of benzene rings is 1. The maximum absolute atomic E-state index is 12.7. The van der Waals surface area contributed by atoms with E-state index >= 15 is 0 Å². The van der Waals surface area contributed by atoms with E-state index in [-0.39, 0.29) is 12.5 Å².